The second-order valence-electron chi connectivity index (χ2n) is 4.86. The van der Waals surface area contributed by atoms with Gasteiger partial charge < -0.3 is 15.2 Å². The molecule has 0 aliphatic carbocycles. The van der Waals surface area contributed by atoms with Gasteiger partial charge in [0.1, 0.15) is 5.82 Å². The monoisotopic (exact) mass is 255 g/mol. The van der Waals surface area contributed by atoms with Crippen LogP contribution in [-0.2, 0) is 4.74 Å². The number of aliphatic hydroxyl groups excluding tert-OH is 1. The van der Waals surface area contributed by atoms with Gasteiger partial charge in [-0.3, -0.25) is 0 Å². The molecule has 2 N–H and O–H groups in total. The second-order valence-corrected chi connectivity index (χ2v) is 4.86. The van der Waals surface area contributed by atoms with Gasteiger partial charge in [0.25, 0.3) is 0 Å². The fourth-order valence-electron chi connectivity index (χ4n) is 1.81. The van der Waals surface area contributed by atoms with Gasteiger partial charge in [0.2, 0.25) is 0 Å². The summed E-state index contributed by atoms with van der Waals surface area (Å²) in [6, 6.07) is 6.26. The summed E-state index contributed by atoms with van der Waals surface area (Å²) in [5.41, 5.74) is 0.0307. The molecule has 0 aromatic heterocycles. The summed E-state index contributed by atoms with van der Waals surface area (Å²) >= 11 is 0. The largest absolute Gasteiger partial charge is 0.387 e. The van der Waals surface area contributed by atoms with Crippen LogP contribution in [0.2, 0.25) is 0 Å². The van der Waals surface area contributed by atoms with Crippen molar-refractivity contribution in [1.82, 2.24) is 5.32 Å². The molecular formula is C14H22FNO2. The number of hydrogen-bond acceptors (Lipinski definition) is 3. The Morgan fingerprint density at radius 3 is 2.67 bits per heavy atom. The molecule has 0 amide bonds. The van der Waals surface area contributed by atoms with Crippen LogP contribution in [0.3, 0.4) is 0 Å². The number of halogens is 1. The highest BCUT2D eigenvalue weighted by atomic mass is 19.1. The minimum absolute atomic E-state index is 0.288. The highest BCUT2D eigenvalue weighted by Gasteiger charge is 2.18. The molecule has 0 spiro atoms. The van der Waals surface area contributed by atoms with Crippen LogP contribution in [0.15, 0.2) is 24.3 Å². The summed E-state index contributed by atoms with van der Waals surface area (Å²) in [5.74, 6) is -0.379. The predicted octanol–water partition coefficient (Wildman–Crippen LogP) is 2.26. The molecule has 1 aromatic carbocycles. The average molecular weight is 255 g/mol. The van der Waals surface area contributed by atoms with E-state index in [0.29, 0.717) is 25.3 Å². The number of rotatable bonds is 7. The Labute approximate surface area is 108 Å². The fraction of sp³-hybridized carbons (Fsp3) is 0.571. The maximum Gasteiger partial charge on any atom is 0.129 e. The Balaban J connectivity index is 2.43. The topological polar surface area (TPSA) is 41.5 Å². The van der Waals surface area contributed by atoms with Gasteiger partial charge in [-0.1, -0.05) is 18.2 Å². The first-order valence-electron chi connectivity index (χ1n) is 6.23. The van der Waals surface area contributed by atoms with Crippen molar-refractivity contribution in [3.63, 3.8) is 0 Å². The van der Waals surface area contributed by atoms with Crippen LogP contribution < -0.4 is 5.32 Å². The van der Waals surface area contributed by atoms with Crippen LogP contribution in [0.1, 0.15) is 32.4 Å². The third kappa shape index (κ3) is 4.72. The third-order valence-electron chi connectivity index (χ3n) is 2.69. The van der Waals surface area contributed by atoms with Crippen molar-refractivity contribution in [3.05, 3.63) is 35.6 Å². The molecule has 0 aliphatic rings. The molecule has 1 aromatic rings. The van der Waals surface area contributed by atoms with Gasteiger partial charge in [0, 0.05) is 25.3 Å². The first-order chi connectivity index (χ1) is 8.46. The van der Waals surface area contributed by atoms with Gasteiger partial charge in [-0.05, 0) is 26.8 Å². The molecule has 18 heavy (non-hydrogen) atoms. The lowest BCUT2D eigenvalue weighted by Gasteiger charge is -2.25. The van der Waals surface area contributed by atoms with Crippen molar-refractivity contribution < 1.29 is 14.2 Å². The summed E-state index contributed by atoms with van der Waals surface area (Å²) in [5, 5.41) is 13.0. The Hall–Kier alpha value is -0.970. The van der Waals surface area contributed by atoms with E-state index in [1.54, 1.807) is 18.2 Å². The smallest absolute Gasteiger partial charge is 0.129 e. The van der Waals surface area contributed by atoms with E-state index in [1.807, 2.05) is 20.8 Å². The molecule has 1 unspecified atom stereocenters. The van der Waals surface area contributed by atoms with Crippen molar-refractivity contribution in [1.29, 1.82) is 0 Å². The van der Waals surface area contributed by atoms with E-state index in [9.17, 15) is 9.50 Å². The third-order valence-corrected chi connectivity index (χ3v) is 2.69. The van der Waals surface area contributed by atoms with Crippen molar-refractivity contribution in [2.24, 2.45) is 0 Å². The van der Waals surface area contributed by atoms with Crippen LogP contribution >= 0.6 is 0 Å². The molecule has 0 saturated carbocycles. The highest BCUT2D eigenvalue weighted by Crippen LogP contribution is 2.16. The first-order valence-corrected chi connectivity index (χ1v) is 6.23. The predicted molar refractivity (Wildman–Crippen MR) is 69.9 cm³/mol. The Morgan fingerprint density at radius 2 is 2.06 bits per heavy atom. The van der Waals surface area contributed by atoms with E-state index in [0.717, 1.165) is 0 Å². The maximum absolute atomic E-state index is 13.4. The average Bonchev–Trinajstić information content (AvgIpc) is 2.29. The van der Waals surface area contributed by atoms with Gasteiger partial charge in [0.05, 0.1) is 11.7 Å². The zero-order valence-electron chi connectivity index (χ0n) is 11.2. The van der Waals surface area contributed by atoms with E-state index in [2.05, 4.69) is 5.32 Å². The Bertz CT molecular complexity index is 369. The Morgan fingerprint density at radius 1 is 1.39 bits per heavy atom. The molecular weight excluding hydrogens is 233 g/mol. The summed E-state index contributed by atoms with van der Waals surface area (Å²) in [6.45, 7) is 7.43. The Kier molecular flexibility index (Phi) is 5.72. The van der Waals surface area contributed by atoms with E-state index in [1.165, 1.54) is 6.07 Å². The maximum atomic E-state index is 13.4. The molecule has 0 radical (unpaired) electrons. The fourth-order valence-corrected chi connectivity index (χ4v) is 1.81. The summed E-state index contributed by atoms with van der Waals surface area (Å²) in [6.07, 6.45) is -0.844. The molecule has 4 heteroatoms. The van der Waals surface area contributed by atoms with E-state index in [-0.39, 0.29) is 11.4 Å². The van der Waals surface area contributed by atoms with Gasteiger partial charge >= 0.3 is 0 Å². The molecule has 0 aliphatic heterocycles. The van der Waals surface area contributed by atoms with Gasteiger partial charge in [-0.15, -0.1) is 0 Å². The van der Waals surface area contributed by atoms with Crippen LogP contribution in [-0.4, -0.2) is 30.4 Å². The molecule has 0 bridgehead atoms. The van der Waals surface area contributed by atoms with E-state index in [4.69, 9.17) is 4.74 Å². The number of nitrogens with one attached hydrogen (secondary N) is 1. The van der Waals surface area contributed by atoms with Crippen LogP contribution in [0.5, 0.6) is 0 Å². The number of benzene rings is 1. The van der Waals surface area contributed by atoms with Gasteiger partial charge in [-0.25, -0.2) is 4.39 Å². The molecule has 0 heterocycles. The number of ether oxygens (including phenoxy) is 1. The van der Waals surface area contributed by atoms with Crippen molar-refractivity contribution in [2.45, 2.75) is 32.5 Å². The van der Waals surface area contributed by atoms with Crippen molar-refractivity contribution >= 4 is 0 Å². The van der Waals surface area contributed by atoms with E-state index < -0.39 is 6.10 Å². The zero-order valence-corrected chi connectivity index (χ0v) is 11.2. The van der Waals surface area contributed by atoms with Crippen LogP contribution in [0.4, 0.5) is 4.39 Å². The lowest BCUT2D eigenvalue weighted by molar-refractivity contribution is -0.0105. The van der Waals surface area contributed by atoms with Gasteiger partial charge in [0.15, 0.2) is 0 Å². The SMILES string of the molecule is CCOC(C)(C)CNCC(O)c1ccccc1F. The molecule has 1 atom stereocenters. The molecule has 0 saturated heterocycles. The molecule has 0 fully saturated rings. The highest BCUT2D eigenvalue weighted by molar-refractivity contribution is 5.19. The van der Waals surface area contributed by atoms with Crippen molar-refractivity contribution in [2.75, 3.05) is 19.7 Å². The minimum Gasteiger partial charge on any atom is -0.387 e. The van der Waals surface area contributed by atoms with Crippen molar-refractivity contribution in [3.8, 4) is 0 Å². The molecule has 1 rings (SSSR count). The molecule has 102 valence electrons. The summed E-state index contributed by atoms with van der Waals surface area (Å²) < 4.78 is 18.9. The number of hydrogen-bond donors (Lipinski definition) is 2. The summed E-state index contributed by atoms with van der Waals surface area (Å²) in [7, 11) is 0. The first kappa shape index (κ1) is 15.1. The van der Waals surface area contributed by atoms with Crippen LogP contribution in [0.25, 0.3) is 0 Å². The number of aliphatic hydroxyl groups is 1. The van der Waals surface area contributed by atoms with E-state index >= 15 is 0 Å². The lowest BCUT2D eigenvalue weighted by atomic mass is 10.1. The lowest BCUT2D eigenvalue weighted by Crippen LogP contribution is -2.39. The standard InChI is InChI=1S/C14H22FNO2/c1-4-18-14(2,3)10-16-9-13(17)11-7-5-6-8-12(11)15/h5-8,13,16-17H,4,9-10H2,1-3H3. The molecule has 3 nitrogen and oxygen atoms in total. The second kappa shape index (κ2) is 6.83. The zero-order chi connectivity index (χ0) is 13.6. The summed E-state index contributed by atoms with van der Waals surface area (Å²) in [4.78, 5) is 0. The normalized spacial score (nSPS) is 13.6. The quantitative estimate of drug-likeness (QED) is 0.785. The minimum atomic E-state index is -0.844. The van der Waals surface area contributed by atoms with Gasteiger partial charge in [-0.2, -0.15) is 0 Å². The van der Waals surface area contributed by atoms with Crippen LogP contribution in [0, 0.1) is 5.82 Å².